The number of sulfonamides is 1. The van der Waals surface area contributed by atoms with E-state index in [9.17, 15) is 13.2 Å². The van der Waals surface area contributed by atoms with Crippen LogP contribution in [0.15, 0.2) is 11.2 Å². The summed E-state index contributed by atoms with van der Waals surface area (Å²) in [6.45, 7) is 5.36. The molecule has 1 amide bonds. The minimum Gasteiger partial charge on any atom is -0.339 e. The summed E-state index contributed by atoms with van der Waals surface area (Å²) in [4.78, 5) is 22.4. The molecule has 0 spiro atoms. The van der Waals surface area contributed by atoms with Gasteiger partial charge in [0.05, 0.1) is 12.0 Å². The van der Waals surface area contributed by atoms with Gasteiger partial charge in [-0.1, -0.05) is 11.8 Å². The van der Waals surface area contributed by atoms with Gasteiger partial charge in [-0.3, -0.25) is 4.79 Å². The van der Waals surface area contributed by atoms with Crippen LogP contribution in [0.4, 0.5) is 0 Å². The maximum absolute atomic E-state index is 12.2. The highest BCUT2D eigenvalue weighted by molar-refractivity contribution is 7.99. The Hall–Kier alpha value is -1.19. The van der Waals surface area contributed by atoms with Crippen LogP contribution in [-0.4, -0.2) is 71.7 Å². The van der Waals surface area contributed by atoms with Crippen LogP contribution in [0, 0.1) is 13.8 Å². The van der Waals surface area contributed by atoms with Crippen molar-refractivity contribution in [2.45, 2.75) is 19.0 Å². The minimum absolute atomic E-state index is 0.0130. The van der Waals surface area contributed by atoms with E-state index in [-0.39, 0.29) is 11.7 Å². The smallest absolute Gasteiger partial charge is 0.233 e. The Morgan fingerprint density at radius 1 is 1.18 bits per heavy atom. The number of carbonyl (C=O) groups excluding carboxylic acids is 1. The van der Waals surface area contributed by atoms with E-state index in [0.717, 1.165) is 11.4 Å². The largest absolute Gasteiger partial charge is 0.339 e. The molecule has 1 aromatic rings. The van der Waals surface area contributed by atoms with E-state index < -0.39 is 10.0 Å². The maximum Gasteiger partial charge on any atom is 0.233 e. The van der Waals surface area contributed by atoms with Crippen molar-refractivity contribution >= 4 is 27.7 Å². The number of carbonyl (C=O) groups is 1. The van der Waals surface area contributed by atoms with Crippen LogP contribution in [0.25, 0.3) is 0 Å². The zero-order valence-electron chi connectivity index (χ0n) is 12.9. The van der Waals surface area contributed by atoms with E-state index in [1.807, 2.05) is 19.9 Å². The number of piperazine rings is 1. The monoisotopic (exact) mass is 344 g/mol. The van der Waals surface area contributed by atoms with Gasteiger partial charge in [0.15, 0.2) is 5.16 Å². The van der Waals surface area contributed by atoms with Gasteiger partial charge < -0.3 is 4.90 Å². The van der Waals surface area contributed by atoms with Crippen molar-refractivity contribution in [2.75, 3.05) is 38.2 Å². The zero-order chi connectivity index (χ0) is 16.3. The van der Waals surface area contributed by atoms with Crippen molar-refractivity contribution in [1.82, 2.24) is 19.2 Å². The average molecular weight is 344 g/mol. The van der Waals surface area contributed by atoms with Crippen LogP contribution < -0.4 is 0 Å². The second-order valence-electron chi connectivity index (χ2n) is 5.26. The Morgan fingerprint density at radius 3 is 2.23 bits per heavy atom. The summed E-state index contributed by atoms with van der Waals surface area (Å²) < 4.78 is 24.3. The third-order valence-electron chi connectivity index (χ3n) is 3.35. The molecule has 1 aliphatic heterocycles. The summed E-state index contributed by atoms with van der Waals surface area (Å²) in [7, 11) is -3.17. The first-order chi connectivity index (χ1) is 10.3. The number of nitrogens with zero attached hydrogens (tertiary/aromatic N) is 4. The van der Waals surface area contributed by atoms with Crippen molar-refractivity contribution in [1.29, 1.82) is 0 Å². The first-order valence-electron chi connectivity index (χ1n) is 6.93. The molecule has 1 aliphatic rings. The van der Waals surface area contributed by atoms with Crippen molar-refractivity contribution in [3.8, 4) is 0 Å². The highest BCUT2D eigenvalue weighted by atomic mass is 32.2. The average Bonchev–Trinajstić information content (AvgIpc) is 2.43. The van der Waals surface area contributed by atoms with Crippen LogP contribution in [-0.2, 0) is 14.8 Å². The molecule has 0 atom stereocenters. The van der Waals surface area contributed by atoms with E-state index in [0.29, 0.717) is 31.3 Å². The zero-order valence-corrected chi connectivity index (χ0v) is 14.6. The second kappa shape index (κ2) is 6.93. The van der Waals surface area contributed by atoms with Gasteiger partial charge in [-0.15, -0.1) is 0 Å². The lowest BCUT2D eigenvalue weighted by Crippen LogP contribution is -2.50. The molecule has 1 fully saturated rings. The Balaban J connectivity index is 1.86. The molecule has 0 saturated carbocycles. The van der Waals surface area contributed by atoms with Crippen LogP contribution in [0.1, 0.15) is 11.4 Å². The van der Waals surface area contributed by atoms with E-state index in [1.165, 1.54) is 22.3 Å². The van der Waals surface area contributed by atoms with Crippen LogP contribution >= 0.6 is 11.8 Å². The summed E-state index contributed by atoms with van der Waals surface area (Å²) in [5.41, 5.74) is 1.76. The predicted molar refractivity (Wildman–Crippen MR) is 85.2 cm³/mol. The number of hydrogen-bond donors (Lipinski definition) is 0. The summed E-state index contributed by atoms with van der Waals surface area (Å²) in [6.07, 6.45) is 1.19. The normalized spacial score (nSPS) is 16.8. The Labute approximate surface area is 135 Å². The van der Waals surface area contributed by atoms with Crippen molar-refractivity contribution < 1.29 is 13.2 Å². The molecule has 0 unspecified atom stereocenters. The Morgan fingerprint density at radius 2 is 1.73 bits per heavy atom. The fourth-order valence-electron chi connectivity index (χ4n) is 2.24. The number of aryl methyl sites for hydroxylation is 2. The lowest BCUT2D eigenvalue weighted by Gasteiger charge is -2.33. The van der Waals surface area contributed by atoms with Crippen molar-refractivity contribution in [3.63, 3.8) is 0 Å². The summed E-state index contributed by atoms with van der Waals surface area (Å²) in [5, 5.41) is 0.598. The molecular weight excluding hydrogens is 324 g/mol. The molecule has 0 radical (unpaired) electrons. The second-order valence-corrected chi connectivity index (χ2v) is 8.19. The summed E-state index contributed by atoms with van der Waals surface area (Å²) >= 11 is 1.31. The highest BCUT2D eigenvalue weighted by Gasteiger charge is 2.25. The third kappa shape index (κ3) is 4.65. The van der Waals surface area contributed by atoms with Crippen LogP contribution in [0.5, 0.6) is 0 Å². The van der Waals surface area contributed by atoms with Crippen LogP contribution in [0.3, 0.4) is 0 Å². The molecule has 9 heteroatoms. The lowest BCUT2D eigenvalue weighted by molar-refractivity contribution is -0.129. The summed E-state index contributed by atoms with van der Waals surface area (Å²) in [5.74, 6) is 0.253. The fraction of sp³-hybridized carbons (Fsp3) is 0.615. The molecule has 2 rings (SSSR count). The first kappa shape index (κ1) is 17.2. The van der Waals surface area contributed by atoms with Gasteiger partial charge in [-0.05, 0) is 19.9 Å². The quantitative estimate of drug-likeness (QED) is 0.577. The molecule has 2 heterocycles. The number of thioether (sulfide) groups is 1. The highest BCUT2D eigenvalue weighted by Crippen LogP contribution is 2.15. The lowest BCUT2D eigenvalue weighted by atomic mass is 10.3. The fourth-order valence-corrected chi connectivity index (χ4v) is 3.92. The van der Waals surface area contributed by atoms with E-state index >= 15 is 0 Å². The van der Waals surface area contributed by atoms with Gasteiger partial charge in [0.25, 0.3) is 0 Å². The van der Waals surface area contributed by atoms with E-state index in [2.05, 4.69) is 9.97 Å². The molecule has 0 bridgehead atoms. The molecule has 0 aromatic carbocycles. The first-order valence-corrected chi connectivity index (χ1v) is 9.77. The van der Waals surface area contributed by atoms with Gasteiger partial charge in [0.2, 0.25) is 15.9 Å². The standard InChI is InChI=1S/C13H20N4O3S2/c1-10-8-11(2)15-13(14-10)21-9-12(18)16-4-6-17(7-5-16)22(3,19)20/h8H,4-7,9H2,1-3H3. The predicted octanol–water partition coefficient (Wildman–Crippen LogP) is 0.289. The minimum atomic E-state index is -3.17. The Bertz CT molecular complexity index is 635. The van der Waals surface area contributed by atoms with Gasteiger partial charge in [0.1, 0.15) is 0 Å². The van der Waals surface area contributed by atoms with Gasteiger partial charge in [-0.2, -0.15) is 4.31 Å². The number of rotatable bonds is 4. The van der Waals surface area contributed by atoms with Crippen molar-refractivity contribution in [2.24, 2.45) is 0 Å². The molecule has 7 nitrogen and oxygen atoms in total. The van der Waals surface area contributed by atoms with Gasteiger partial charge in [0, 0.05) is 37.6 Å². The number of aromatic nitrogens is 2. The Kier molecular flexibility index (Phi) is 5.41. The van der Waals surface area contributed by atoms with Crippen LogP contribution in [0.2, 0.25) is 0 Å². The molecule has 0 aliphatic carbocycles. The van der Waals surface area contributed by atoms with Crippen molar-refractivity contribution in [3.05, 3.63) is 17.5 Å². The molecule has 0 N–H and O–H groups in total. The number of amides is 1. The molecule has 1 saturated heterocycles. The molecule has 22 heavy (non-hydrogen) atoms. The van der Waals surface area contributed by atoms with E-state index in [1.54, 1.807) is 4.90 Å². The SMILES string of the molecule is Cc1cc(C)nc(SCC(=O)N2CCN(S(C)(=O)=O)CC2)n1. The third-order valence-corrected chi connectivity index (χ3v) is 5.48. The molecule has 122 valence electrons. The van der Waals surface area contributed by atoms with Gasteiger partial charge >= 0.3 is 0 Å². The van der Waals surface area contributed by atoms with E-state index in [4.69, 9.17) is 0 Å². The maximum atomic E-state index is 12.2. The van der Waals surface area contributed by atoms with Gasteiger partial charge in [-0.25, -0.2) is 18.4 Å². The molecular formula is C13H20N4O3S2. The molecule has 1 aromatic heterocycles. The summed E-state index contributed by atoms with van der Waals surface area (Å²) in [6, 6.07) is 1.89. The number of hydrogen-bond acceptors (Lipinski definition) is 6. The topological polar surface area (TPSA) is 83.5 Å².